The van der Waals surface area contributed by atoms with E-state index in [-0.39, 0.29) is 11.8 Å². The number of β-amino-alcohol motifs (C(OH)–C–C–N with tert-alkyl or cyclic N) is 1. The Balaban J connectivity index is 1.43. The van der Waals surface area contributed by atoms with E-state index in [9.17, 15) is 9.90 Å². The molecule has 2 atom stereocenters. The number of aliphatic hydroxyl groups excluding tert-OH is 1. The Hall–Kier alpha value is -2.58. The molecule has 2 saturated heterocycles. The lowest BCUT2D eigenvalue weighted by Gasteiger charge is -2.32. The van der Waals surface area contributed by atoms with Gasteiger partial charge in [-0.05, 0) is 31.2 Å². The number of rotatable bonds is 4. The third-order valence-electron chi connectivity index (χ3n) is 5.61. The van der Waals surface area contributed by atoms with Gasteiger partial charge in [-0.2, -0.15) is 0 Å². The van der Waals surface area contributed by atoms with E-state index in [1.54, 1.807) is 18.6 Å². The molecule has 2 aliphatic rings. The fourth-order valence-corrected chi connectivity index (χ4v) is 3.85. The highest BCUT2D eigenvalue weighted by molar-refractivity contribution is 5.92. The number of aliphatic hydroxyl groups is 1. The van der Waals surface area contributed by atoms with Gasteiger partial charge in [0, 0.05) is 57.6 Å². The van der Waals surface area contributed by atoms with Crippen LogP contribution in [-0.4, -0.2) is 88.2 Å². The van der Waals surface area contributed by atoms with Crippen molar-refractivity contribution in [1.82, 2.24) is 24.8 Å². The fourth-order valence-electron chi connectivity index (χ4n) is 3.85. The number of aromatic nitrogens is 3. The lowest BCUT2D eigenvalue weighted by molar-refractivity contribution is 0.0658. The lowest BCUT2D eigenvalue weighted by atomic mass is 9.97. The maximum absolute atomic E-state index is 12.8. The Labute approximate surface area is 164 Å². The molecule has 0 aliphatic carbocycles. The molecule has 148 valence electrons. The zero-order valence-electron chi connectivity index (χ0n) is 16.1. The van der Waals surface area contributed by atoms with Gasteiger partial charge in [-0.25, -0.2) is 4.98 Å². The van der Waals surface area contributed by atoms with Crippen LogP contribution in [0.5, 0.6) is 0 Å². The topological polar surface area (TPSA) is 85.7 Å². The van der Waals surface area contributed by atoms with Gasteiger partial charge in [-0.1, -0.05) is 0 Å². The standard InChI is InChI=1S/C20H26N6O2/c1-24-6-8-25(9-7-24)20(28)17-11-22-12-19(23-17)26-13-16(18(27)14-26)10-15-2-4-21-5-3-15/h2-5,11-12,16,18,27H,6-10,13-14H2,1H3. The Bertz CT molecular complexity index is 809. The van der Waals surface area contributed by atoms with Crippen molar-refractivity contribution in [2.45, 2.75) is 12.5 Å². The number of carbonyl (C=O) groups is 1. The second kappa shape index (κ2) is 8.20. The van der Waals surface area contributed by atoms with Crippen molar-refractivity contribution in [3.63, 3.8) is 0 Å². The van der Waals surface area contributed by atoms with Gasteiger partial charge in [0.2, 0.25) is 0 Å². The Morgan fingerprint density at radius 2 is 1.86 bits per heavy atom. The number of amides is 1. The van der Waals surface area contributed by atoms with Gasteiger partial charge in [0.1, 0.15) is 11.5 Å². The zero-order chi connectivity index (χ0) is 19.5. The first-order chi connectivity index (χ1) is 13.6. The Kier molecular flexibility index (Phi) is 5.50. The minimum absolute atomic E-state index is 0.0736. The molecule has 0 radical (unpaired) electrons. The maximum atomic E-state index is 12.8. The van der Waals surface area contributed by atoms with E-state index in [0.717, 1.165) is 25.1 Å². The highest BCUT2D eigenvalue weighted by atomic mass is 16.3. The van der Waals surface area contributed by atoms with Crippen molar-refractivity contribution in [2.75, 3.05) is 51.2 Å². The van der Waals surface area contributed by atoms with Crippen LogP contribution in [0.1, 0.15) is 16.1 Å². The highest BCUT2D eigenvalue weighted by Crippen LogP contribution is 2.25. The molecule has 2 unspecified atom stereocenters. The Morgan fingerprint density at radius 1 is 1.11 bits per heavy atom. The number of anilines is 1. The average Bonchev–Trinajstić information content (AvgIpc) is 3.09. The van der Waals surface area contributed by atoms with Gasteiger partial charge >= 0.3 is 0 Å². The van der Waals surface area contributed by atoms with Crippen LogP contribution in [0.2, 0.25) is 0 Å². The summed E-state index contributed by atoms with van der Waals surface area (Å²) in [5, 5.41) is 10.5. The molecule has 0 saturated carbocycles. The predicted octanol–water partition coefficient (Wildman–Crippen LogP) is 0.299. The molecule has 1 amide bonds. The SMILES string of the molecule is CN1CCN(C(=O)c2cncc(N3CC(O)C(Cc4ccncc4)C3)n2)CC1. The molecule has 4 heterocycles. The van der Waals surface area contributed by atoms with E-state index in [0.29, 0.717) is 37.7 Å². The minimum Gasteiger partial charge on any atom is -0.391 e. The number of likely N-dealkylation sites (N-methyl/N-ethyl adjacent to an activating group) is 1. The molecule has 28 heavy (non-hydrogen) atoms. The molecule has 0 bridgehead atoms. The summed E-state index contributed by atoms with van der Waals surface area (Å²) < 4.78 is 0. The van der Waals surface area contributed by atoms with Gasteiger partial charge in [-0.3, -0.25) is 14.8 Å². The summed E-state index contributed by atoms with van der Waals surface area (Å²) in [6.07, 6.45) is 7.09. The molecule has 8 nitrogen and oxygen atoms in total. The molecule has 2 fully saturated rings. The molecule has 0 aromatic carbocycles. The quantitative estimate of drug-likeness (QED) is 0.814. The van der Waals surface area contributed by atoms with Crippen molar-refractivity contribution >= 4 is 11.7 Å². The van der Waals surface area contributed by atoms with Crippen LogP contribution in [0.3, 0.4) is 0 Å². The lowest BCUT2D eigenvalue weighted by Crippen LogP contribution is -2.47. The van der Waals surface area contributed by atoms with E-state index < -0.39 is 6.10 Å². The predicted molar refractivity (Wildman–Crippen MR) is 105 cm³/mol. The summed E-state index contributed by atoms with van der Waals surface area (Å²) in [4.78, 5) is 31.7. The van der Waals surface area contributed by atoms with Crippen LogP contribution < -0.4 is 4.90 Å². The van der Waals surface area contributed by atoms with E-state index in [4.69, 9.17) is 0 Å². The smallest absolute Gasteiger partial charge is 0.274 e. The number of carbonyl (C=O) groups excluding carboxylic acids is 1. The molecule has 2 aromatic heterocycles. The second-order valence-electron chi connectivity index (χ2n) is 7.65. The number of hydrogen-bond donors (Lipinski definition) is 1. The normalized spacial score (nSPS) is 23.2. The van der Waals surface area contributed by atoms with E-state index in [2.05, 4.69) is 26.9 Å². The molecule has 8 heteroatoms. The minimum atomic E-state index is -0.438. The second-order valence-corrected chi connectivity index (χ2v) is 7.65. The van der Waals surface area contributed by atoms with Crippen LogP contribution >= 0.6 is 0 Å². The number of pyridine rings is 1. The summed E-state index contributed by atoms with van der Waals surface area (Å²) in [6, 6.07) is 3.95. The number of hydrogen-bond acceptors (Lipinski definition) is 7. The molecule has 4 rings (SSSR count). The van der Waals surface area contributed by atoms with Gasteiger partial charge in [0.05, 0.1) is 18.5 Å². The van der Waals surface area contributed by atoms with E-state index in [1.165, 1.54) is 6.20 Å². The van der Waals surface area contributed by atoms with Gasteiger partial charge in [0.15, 0.2) is 0 Å². The van der Waals surface area contributed by atoms with Crippen LogP contribution in [0.25, 0.3) is 0 Å². The highest BCUT2D eigenvalue weighted by Gasteiger charge is 2.32. The third kappa shape index (κ3) is 4.13. The van der Waals surface area contributed by atoms with Crippen molar-refractivity contribution in [3.8, 4) is 0 Å². The van der Waals surface area contributed by atoms with Crippen LogP contribution in [0, 0.1) is 5.92 Å². The molecule has 0 spiro atoms. The Morgan fingerprint density at radius 3 is 2.61 bits per heavy atom. The monoisotopic (exact) mass is 382 g/mol. The fraction of sp³-hybridized carbons (Fsp3) is 0.500. The van der Waals surface area contributed by atoms with E-state index >= 15 is 0 Å². The summed E-state index contributed by atoms with van der Waals surface area (Å²) in [7, 11) is 2.06. The molecule has 1 N–H and O–H groups in total. The summed E-state index contributed by atoms with van der Waals surface area (Å²) in [5.41, 5.74) is 1.53. The van der Waals surface area contributed by atoms with Crippen molar-refractivity contribution in [1.29, 1.82) is 0 Å². The van der Waals surface area contributed by atoms with Crippen LogP contribution in [-0.2, 0) is 6.42 Å². The first kappa shape index (κ1) is 18.8. The average molecular weight is 382 g/mol. The summed E-state index contributed by atoms with van der Waals surface area (Å²) >= 11 is 0. The van der Waals surface area contributed by atoms with Crippen LogP contribution in [0.15, 0.2) is 36.9 Å². The summed E-state index contributed by atoms with van der Waals surface area (Å²) in [6.45, 7) is 4.33. The summed E-state index contributed by atoms with van der Waals surface area (Å²) in [5.74, 6) is 0.688. The molecule has 2 aliphatic heterocycles. The maximum Gasteiger partial charge on any atom is 0.274 e. The van der Waals surface area contributed by atoms with E-state index in [1.807, 2.05) is 21.9 Å². The third-order valence-corrected chi connectivity index (χ3v) is 5.61. The first-order valence-electron chi connectivity index (χ1n) is 9.72. The van der Waals surface area contributed by atoms with Crippen molar-refractivity contribution < 1.29 is 9.90 Å². The number of nitrogens with zero attached hydrogens (tertiary/aromatic N) is 6. The van der Waals surface area contributed by atoms with Crippen molar-refractivity contribution in [3.05, 3.63) is 48.2 Å². The molecular weight excluding hydrogens is 356 g/mol. The molecular formula is C20H26N6O2. The van der Waals surface area contributed by atoms with Crippen LogP contribution in [0.4, 0.5) is 5.82 Å². The van der Waals surface area contributed by atoms with Gasteiger partial charge in [0.25, 0.3) is 5.91 Å². The first-order valence-corrected chi connectivity index (χ1v) is 9.72. The van der Waals surface area contributed by atoms with Gasteiger partial charge in [-0.15, -0.1) is 0 Å². The number of piperazine rings is 1. The largest absolute Gasteiger partial charge is 0.391 e. The zero-order valence-corrected chi connectivity index (χ0v) is 16.1. The molecule has 2 aromatic rings. The van der Waals surface area contributed by atoms with Crippen molar-refractivity contribution in [2.24, 2.45) is 5.92 Å². The van der Waals surface area contributed by atoms with Gasteiger partial charge < -0.3 is 19.8 Å².